The van der Waals surface area contributed by atoms with Crippen molar-refractivity contribution >= 4 is 35.6 Å². The van der Waals surface area contributed by atoms with E-state index in [-0.39, 0.29) is 24.8 Å². The molecular formula is C23H30Cl2N2O. The predicted molar refractivity (Wildman–Crippen MR) is 124 cm³/mol. The fourth-order valence-electron chi connectivity index (χ4n) is 3.22. The maximum Gasteiger partial charge on any atom is 0.124 e. The summed E-state index contributed by atoms with van der Waals surface area (Å²) in [4.78, 5) is 4.48. The second-order valence-electron chi connectivity index (χ2n) is 7.07. The standard InChI is InChI=1S/C23H28N2O.2ClH/c1-24(2)18-22-21-12-8-7-11-20(21)13-14-23(22)26-16-15-25(3)17-19-9-5-4-6-10-19;;/h4-14H,15-18H2,1-3H3;2*1H. The molecule has 0 radical (unpaired) electrons. The zero-order valence-electron chi connectivity index (χ0n) is 16.8. The molecule has 3 rings (SSSR count). The highest BCUT2D eigenvalue weighted by molar-refractivity contribution is 5.87. The van der Waals surface area contributed by atoms with Crippen molar-refractivity contribution in [2.24, 2.45) is 0 Å². The Hall–Kier alpha value is -1.78. The third kappa shape index (κ3) is 6.68. The zero-order chi connectivity index (χ0) is 18.4. The molecule has 0 N–H and O–H groups in total. The fourth-order valence-corrected chi connectivity index (χ4v) is 3.22. The van der Waals surface area contributed by atoms with Gasteiger partial charge in [-0.1, -0.05) is 60.7 Å². The van der Waals surface area contributed by atoms with E-state index in [1.165, 1.54) is 21.9 Å². The van der Waals surface area contributed by atoms with E-state index in [0.29, 0.717) is 6.61 Å². The molecule has 3 aromatic rings. The molecule has 0 fully saturated rings. The molecular weight excluding hydrogens is 391 g/mol. The summed E-state index contributed by atoms with van der Waals surface area (Å²) in [5.74, 6) is 0.991. The number of halogens is 2. The minimum atomic E-state index is 0. The van der Waals surface area contributed by atoms with Gasteiger partial charge in [0.05, 0.1) is 0 Å². The summed E-state index contributed by atoms with van der Waals surface area (Å²) in [5, 5.41) is 2.54. The third-order valence-corrected chi connectivity index (χ3v) is 4.50. The average Bonchev–Trinajstić information content (AvgIpc) is 2.64. The lowest BCUT2D eigenvalue weighted by atomic mass is 10.0. The summed E-state index contributed by atoms with van der Waals surface area (Å²) in [6.07, 6.45) is 0. The van der Waals surface area contributed by atoms with Gasteiger partial charge in [-0.05, 0) is 43.5 Å². The predicted octanol–water partition coefficient (Wildman–Crippen LogP) is 5.26. The topological polar surface area (TPSA) is 15.7 Å². The molecule has 0 spiro atoms. The van der Waals surface area contributed by atoms with Gasteiger partial charge in [-0.15, -0.1) is 24.8 Å². The van der Waals surface area contributed by atoms with Gasteiger partial charge in [0.1, 0.15) is 12.4 Å². The van der Waals surface area contributed by atoms with Crippen LogP contribution in [0.1, 0.15) is 11.1 Å². The van der Waals surface area contributed by atoms with Crippen LogP contribution in [-0.2, 0) is 13.1 Å². The summed E-state index contributed by atoms with van der Waals surface area (Å²) in [7, 11) is 6.33. The first kappa shape index (κ1) is 24.3. The molecule has 0 bridgehead atoms. The summed E-state index contributed by atoms with van der Waals surface area (Å²) in [5.41, 5.74) is 2.59. The van der Waals surface area contributed by atoms with Gasteiger partial charge < -0.3 is 9.64 Å². The maximum atomic E-state index is 6.19. The largest absolute Gasteiger partial charge is 0.492 e. The van der Waals surface area contributed by atoms with Crippen LogP contribution in [0.3, 0.4) is 0 Å². The van der Waals surface area contributed by atoms with Gasteiger partial charge in [0.2, 0.25) is 0 Å². The van der Waals surface area contributed by atoms with Crippen LogP contribution in [0.5, 0.6) is 5.75 Å². The van der Waals surface area contributed by atoms with Crippen molar-refractivity contribution in [3.05, 3.63) is 77.9 Å². The molecule has 0 saturated carbocycles. The highest BCUT2D eigenvalue weighted by Crippen LogP contribution is 2.29. The molecule has 3 aromatic carbocycles. The van der Waals surface area contributed by atoms with Crippen molar-refractivity contribution in [1.29, 1.82) is 0 Å². The number of nitrogens with zero attached hydrogens (tertiary/aromatic N) is 2. The highest BCUT2D eigenvalue weighted by Gasteiger charge is 2.10. The van der Waals surface area contributed by atoms with Crippen LogP contribution in [-0.4, -0.2) is 44.1 Å². The van der Waals surface area contributed by atoms with Crippen LogP contribution < -0.4 is 4.74 Å². The summed E-state index contributed by atoms with van der Waals surface area (Å²) < 4.78 is 6.19. The van der Waals surface area contributed by atoms with Crippen molar-refractivity contribution in [2.45, 2.75) is 13.1 Å². The zero-order valence-corrected chi connectivity index (χ0v) is 18.4. The number of ether oxygens (including phenoxy) is 1. The summed E-state index contributed by atoms with van der Waals surface area (Å²) in [6.45, 7) is 3.38. The lowest BCUT2D eigenvalue weighted by molar-refractivity contribution is 0.230. The lowest BCUT2D eigenvalue weighted by Crippen LogP contribution is -2.24. The van der Waals surface area contributed by atoms with Crippen LogP contribution in [0.4, 0.5) is 0 Å². The number of fused-ring (bicyclic) bond motifs is 1. The molecule has 5 heteroatoms. The molecule has 0 aliphatic rings. The average molecular weight is 421 g/mol. The van der Waals surface area contributed by atoms with Crippen LogP contribution in [0, 0.1) is 0 Å². The number of hydrogen-bond donors (Lipinski definition) is 0. The van der Waals surface area contributed by atoms with Gasteiger partial charge in [0.25, 0.3) is 0 Å². The molecule has 3 nitrogen and oxygen atoms in total. The van der Waals surface area contributed by atoms with E-state index in [0.717, 1.165) is 25.4 Å². The van der Waals surface area contributed by atoms with Crippen molar-refractivity contribution in [2.75, 3.05) is 34.3 Å². The van der Waals surface area contributed by atoms with Crippen LogP contribution in [0.15, 0.2) is 66.7 Å². The quantitative estimate of drug-likeness (QED) is 0.494. The minimum absolute atomic E-state index is 0. The van der Waals surface area contributed by atoms with E-state index in [2.05, 4.69) is 97.7 Å². The monoisotopic (exact) mass is 420 g/mol. The van der Waals surface area contributed by atoms with Crippen LogP contribution in [0.25, 0.3) is 10.8 Å². The Kier molecular flexibility index (Phi) is 10.3. The normalized spacial score (nSPS) is 10.6. The van der Waals surface area contributed by atoms with Crippen molar-refractivity contribution in [3.8, 4) is 5.75 Å². The fraction of sp³-hybridized carbons (Fsp3) is 0.304. The van der Waals surface area contributed by atoms with E-state index in [1.54, 1.807) is 0 Å². The molecule has 0 saturated heterocycles. The minimum Gasteiger partial charge on any atom is -0.492 e. The molecule has 152 valence electrons. The maximum absolute atomic E-state index is 6.19. The first-order valence-electron chi connectivity index (χ1n) is 9.14. The summed E-state index contributed by atoms with van der Waals surface area (Å²) >= 11 is 0. The van der Waals surface area contributed by atoms with Gasteiger partial charge >= 0.3 is 0 Å². The second kappa shape index (κ2) is 11.9. The van der Waals surface area contributed by atoms with Crippen molar-refractivity contribution < 1.29 is 4.74 Å². The number of hydrogen-bond acceptors (Lipinski definition) is 3. The first-order valence-corrected chi connectivity index (χ1v) is 9.14. The van der Waals surface area contributed by atoms with E-state index >= 15 is 0 Å². The van der Waals surface area contributed by atoms with Crippen molar-refractivity contribution in [1.82, 2.24) is 9.80 Å². The number of likely N-dealkylation sites (N-methyl/N-ethyl adjacent to an activating group) is 1. The smallest absolute Gasteiger partial charge is 0.124 e. The third-order valence-electron chi connectivity index (χ3n) is 4.50. The second-order valence-corrected chi connectivity index (χ2v) is 7.07. The SMILES string of the molecule is CN(C)Cc1c(OCCN(C)Cc2ccccc2)ccc2ccccc12.Cl.Cl. The molecule has 0 aliphatic carbocycles. The number of rotatable bonds is 8. The molecule has 28 heavy (non-hydrogen) atoms. The Morgan fingerprint density at radius 3 is 2.14 bits per heavy atom. The Morgan fingerprint density at radius 2 is 1.43 bits per heavy atom. The Bertz CT molecular complexity index is 840. The van der Waals surface area contributed by atoms with Gasteiger partial charge in [0, 0.05) is 25.2 Å². The molecule has 0 aliphatic heterocycles. The lowest BCUT2D eigenvalue weighted by Gasteiger charge is -2.20. The van der Waals surface area contributed by atoms with Crippen molar-refractivity contribution in [3.63, 3.8) is 0 Å². The number of benzene rings is 3. The molecule has 0 amide bonds. The molecule has 0 unspecified atom stereocenters. The molecule has 0 atom stereocenters. The summed E-state index contributed by atoms with van der Waals surface area (Å²) in [6, 6.07) is 23.3. The van der Waals surface area contributed by atoms with Gasteiger partial charge in [-0.25, -0.2) is 0 Å². The first-order chi connectivity index (χ1) is 12.6. The molecule has 0 aromatic heterocycles. The van der Waals surface area contributed by atoms with Gasteiger partial charge in [-0.3, -0.25) is 4.90 Å². The van der Waals surface area contributed by atoms with E-state index < -0.39 is 0 Å². The van der Waals surface area contributed by atoms with Crippen LogP contribution in [0.2, 0.25) is 0 Å². The van der Waals surface area contributed by atoms with Gasteiger partial charge in [-0.2, -0.15) is 0 Å². The van der Waals surface area contributed by atoms with E-state index in [9.17, 15) is 0 Å². The van der Waals surface area contributed by atoms with E-state index in [4.69, 9.17) is 4.74 Å². The Morgan fingerprint density at radius 1 is 0.750 bits per heavy atom. The Labute approximate surface area is 181 Å². The highest BCUT2D eigenvalue weighted by atomic mass is 35.5. The molecule has 0 heterocycles. The van der Waals surface area contributed by atoms with E-state index in [1.807, 2.05) is 0 Å². The Balaban J connectivity index is 0.00000196. The van der Waals surface area contributed by atoms with Crippen LogP contribution >= 0.6 is 24.8 Å². The van der Waals surface area contributed by atoms with Gasteiger partial charge in [0.15, 0.2) is 0 Å².